The van der Waals surface area contributed by atoms with Crippen LogP contribution in [-0.2, 0) is 6.42 Å². The highest BCUT2D eigenvalue weighted by molar-refractivity contribution is 5.43. The van der Waals surface area contributed by atoms with Gasteiger partial charge in [0.2, 0.25) is 0 Å². The van der Waals surface area contributed by atoms with Crippen LogP contribution >= 0.6 is 0 Å². The van der Waals surface area contributed by atoms with Crippen molar-refractivity contribution < 1.29 is 9.84 Å². The van der Waals surface area contributed by atoms with Crippen LogP contribution in [0.2, 0.25) is 0 Å². The zero-order chi connectivity index (χ0) is 10.1. The first-order valence-corrected chi connectivity index (χ1v) is 5.06. The fourth-order valence-corrected chi connectivity index (χ4v) is 2.24. The minimum Gasteiger partial charge on any atom is -0.496 e. The molecule has 1 N–H and O–H groups in total. The minimum atomic E-state index is -0.316. The molecule has 0 radical (unpaired) electrons. The molecule has 1 aromatic rings. The lowest BCUT2D eigenvalue weighted by Gasteiger charge is -2.27. The third-order valence-electron chi connectivity index (χ3n) is 2.93. The van der Waals surface area contributed by atoms with Gasteiger partial charge in [0, 0.05) is 5.56 Å². The van der Waals surface area contributed by atoms with Gasteiger partial charge >= 0.3 is 0 Å². The van der Waals surface area contributed by atoms with E-state index in [9.17, 15) is 5.11 Å². The van der Waals surface area contributed by atoms with Crippen LogP contribution in [0.15, 0.2) is 18.2 Å². The van der Waals surface area contributed by atoms with E-state index >= 15 is 0 Å². The van der Waals surface area contributed by atoms with Crippen molar-refractivity contribution in [2.24, 2.45) is 5.92 Å². The van der Waals surface area contributed by atoms with E-state index in [1.54, 1.807) is 7.11 Å². The van der Waals surface area contributed by atoms with Gasteiger partial charge in [-0.15, -0.1) is 0 Å². The molecule has 0 aliphatic heterocycles. The summed E-state index contributed by atoms with van der Waals surface area (Å²) in [6, 6.07) is 5.90. The Balaban J connectivity index is 2.47. The lowest BCUT2D eigenvalue weighted by molar-refractivity contribution is 0.135. The Morgan fingerprint density at radius 2 is 2.21 bits per heavy atom. The van der Waals surface area contributed by atoms with Gasteiger partial charge in [-0.2, -0.15) is 0 Å². The second kappa shape index (κ2) is 3.62. The molecule has 1 aromatic carbocycles. The molecule has 14 heavy (non-hydrogen) atoms. The van der Waals surface area contributed by atoms with E-state index in [0.29, 0.717) is 5.92 Å². The molecule has 0 saturated carbocycles. The van der Waals surface area contributed by atoms with Gasteiger partial charge in [0.25, 0.3) is 0 Å². The molecular weight excluding hydrogens is 176 g/mol. The molecule has 1 aliphatic carbocycles. The van der Waals surface area contributed by atoms with Crippen LogP contribution < -0.4 is 4.74 Å². The van der Waals surface area contributed by atoms with Crippen LogP contribution in [0.1, 0.15) is 30.6 Å². The fraction of sp³-hybridized carbons (Fsp3) is 0.500. The number of hydrogen-bond donors (Lipinski definition) is 1. The van der Waals surface area contributed by atoms with Crippen LogP contribution in [0.3, 0.4) is 0 Å². The van der Waals surface area contributed by atoms with Crippen molar-refractivity contribution in [3.05, 3.63) is 29.3 Å². The molecule has 0 fully saturated rings. The molecule has 2 atom stereocenters. The topological polar surface area (TPSA) is 29.5 Å². The van der Waals surface area contributed by atoms with E-state index < -0.39 is 0 Å². The summed E-state index contributed by atoms with van der Waals surface area (Å²) < 4.78 is 5.30. The molecule has 0 spiro atoms. The second-order valence-corrected chi connectivity index (χ2v) is 4.09. The van der Waals surface area contributed by atoms with Crippen LogP contribution in [0.5, 0.6) is 5.75 Å². The average Bonchev–Trinajstić information content (AvgIpc) is 2.17. The summed E-state index contributed by atoms with van der Waals surface area (Å²) in [4.78, 5) is 0. The zero-order valence-corrected chi connectivity index (χ0v) is 8.66. The summed E-state index contributed by atoms with van der Waals surface area (Å²) in [6.07, 6.45) is 1.56. The lowest BCUT2D eigenvalue weighted by Crippen LogP contribution is -2.17. The molecule has 1 aliphatic rings. The monoisotopic (exact) mass is 192 g/mol. The Labute approximate surface area is 84.5 Å². The normalized spacial score (nSPS) is 25.6. The first-order valence-electron chi connectivity index (χ1n) is 5.06. The maximum atomic E-state index is 9.90. The quantitative estimate of drug-likeness (QED) is 0.740. The molecule has 0 heterocycles. The molecule has 0 bridgehead atoms. The Morgan fingerprint density at radius 1 is 1.43 bits per heavy atom. The predicted octanol–water partition coefficient (Wildman–Crippen LogP) is 2.31. The van der Waals surface area contributed by atoms with Gasteiger partial charge in [0.1, 0.15) is 5.75 Å². The van der Waals surface area contributed by atoms with Crippen LogP contribution in [0.25, 0.3) is 0 Å². The van der Waals surface area contributed by atoms with Crippen LogP contribution in [0.4, 0.5) is 0 Å². The molecule has 2 heteroatoms. The van der Waals surface area contributed by atoms with Gasteiger partial charge in [0.05, 0.1) is 13.2 Å². The van der Waals surface area contributed by atoms with Crippen molar-refractivity contribution in [3.8, 4) is 5.75 Å². The van der Waals surface area contributed by atoms with Gasteiger partial charge < -0.3 is 9.84 Å². The van der Waals surface area contributed by atoms with E-state index in [-0.39, 0.29) is 6.10 Å². The summed E-state index contributed by atoms with van der Waals surface area (Å²) in [7, 11) is 1.68. The highest BCUT2D eigenvalue weighted by atomic mass is 16.5. The lowest BCUT2D eigenvalue weighted by atomic mass is 9.82. The molecule has 2 nitrogen and oxygen atoms in total. The number of fused-ring (bicyclic) bond motifs is 1. The van der Waals surface area contributed by atoms with Gasteiger partial charge in [-0.3, -0.25) is 0 Å². The van der Waals surface area contributed by atoms with Crippen molar-refractivity contribution in [3.63, 3.8) is 0 Å². The average molecular weight is 192 g/mol. The van der Waals surface area contributed by atoms with E-state index in [4.69, 9.17) is 4.74 Å². The fourth-order valence-electron chi connectivity index (χ4n) is 2.24. The van der Waals surface area contributed by atoms with E-state index in [0.717, 1.165) is 24.2 Å². The SMILES string of the molecule is COc1cccc2c1CC(C)CC2O. The molecular formula is C12H16O2. The number of aliphatic hydroxyl groups is 1. The number of benzene rings is 1. The highest BCUT2D eigenvalue weighted by Gasteiger charge is 2.24. The third-order valence-corrected chi connectivity index (χ3v) is 2.93. The Kier molecular flexibility index (Phi) is 2.46. The Bertz CT molecular complexity index is 333. The van der Waals surface area contributed by atoms with E-state index in [2.05, 4.69) is 6.92 Å². The first-order chi connectivity index (χ1) is 6.72. The number of hydrogen-bond acceptors (Lipinski definition) is 2. The standard InChI is InChI=1S/C12H16O2/c1-8-6-10-9(11(13)7-8)4-3-5-12(10)14-2/h3-5,8,11,13H,6-7H2,1-2H3. The molecule has 0 amide bonds. The summed E-state index contributed by atoms with van der Waals surface area (Å²) >= 11 is 0. The summed E-state index contributed by atoms with van der Waals surface area (Å²) in [5, 5.41) is 9.90. The number of rotatable bonds is 1. The third kappa shape index (κ3) is 1.50. The summed E-state index contributed by atoms with van der Waals surface area (Å²) in [5.41, 5.74) is 2.23. The van der Waals surface area contributed by atoms with Crippen LogP contribution in [-0.4, -0.2) is 12.2 Å². The van der Waals surface area contributed by atoms with E-state index in [1.807, 2.05) is 18.2 Å². The molecule has 2 unspecified atom stereocenters. The first kappa shape index (κ1) is 9.53. The van der Waals surface area contributed by atoms with Crippen molar-refractivity contribution in [1.29, 1.82) is 0 Å². The largest absolute Gasteiger partial charge is 0.496 e. The van der Waals surface area contributed by atoms with Crippen LogP contribution in [0, 0.1) is 5.92 Å². The van der Waals surface area contributed by atoms with Crippen molar-refractivity contribution in [1.82, 2.24) is 0 Å². The predicted molar refractivity (Wildman–Crippen MR) is 55.4 cm³/mol. The van der Waals surface area contributed by atoms with E-state index in [1.165, 1.54) is 5.56 Å². The number of aliphatic hydroxyl groups excluding tert-OH is 1. The maximum Gasteiger partial charge on any atom is 0.122 e. The van der Waals surface area contributed by atoms with Gasteiger partial charge in [-0.25, -0.2) is 0 Å². The Hall–Kier alpha value is -1.02. The highest BCUT2D eigenvalue weighted by Crippen LogP contribution is 2.37. The van der Waals surface area contributed by atoms with Gasteiger partial charge in [0.15, 0.2) is 0 Å². The minimum absolute atomic E-state index is 0.316. The maximum absolute atomic E-state index is 9.90. The number of ether oxygens (including phenoxy) is 1. The molecule has 0 saturated heterocycles. The van der Waals surface area contributed by atoms with Gasteiger partial charge in [-0.1, -0.05) is 19.1 Å². The second-order valence-electron chi connectivity index (χ2n) is 4.09. The zero-order valence-electron chi connectivity index (χ0n) is 8.66. The summed E-state index contributed by atoms with van der Waals surface area (Å²) in [6.45, 7) is 2.17. The Morgan fingerprint density at radius 3 is 2.93 bits per heavy atom. The van der Waals surface area contributed by atoms with Crippen molar-refractivity contribution in [2.75, 3.05) is 7.11 Å². The number of methoxy groups -OCH3 is 1. The molecule has 2 rings (SSSR count). The van der Waals surface area contributed by atoms with Crippen molar-refractivity contribution in [2.45, 2.75) is 25.9 Å². The van der Waals surface area contributed by atoms with Crippen molar-refractivity contribution >= 4 is 0 Å². The molecule has 76 valence electrons. The smallest absolute Gasteiger partial charge is 0.122 e. The van der Waals surface area contributed by atoms with Gasteiger partial charge in [-0.05, 0) is 30.4 Å². The molecule has 0 aromatic heterocycles. The summed E-state index contributed by atoms with van der Waals surface area (Å²) in [5.74, 6) is 1.45.